The molecule has 3 rings (SSSR count). The highest BCUT2D eigenvalue weighted by Gasteiger charge is 2.30. The first-order valence-corrected chi connectivity index (χ1v) is 13.7. The number of carboxylic acids is 1. The van der Waals surface area contributed by atoms with E-state index in [1.807, 2.05) is 23.5 Å². The molecule has 1 atom stereocenters. The van der Waals surface area contributed by atoms with E-state index in [2.05, 4.69) is 32.2 Å². The molecule has 34 heavy (non-hydrogen) atoms. The lowest BCUT2D eigenvalue weighted by Crippen LogP contribution is -2.26. The van der Waals surface area contributed by atoms with E-state index in [0.29, 0.717) is 17.4 Å². The van der Waals surface area contributed by atoms with E-state index in [-0.39, 0.29) is 25.0 Å². The second-order valence-electron chi connectivity index (χ2n) is 9.25. The van der Waals surface area contributed by atoms with Crippen LogP contribution in [0.25, 0.3) is 0 Å². The fourth-order valence-corrected chi connectivity index (χ4v) is 6.35. The third-order valence-corrected chi connectivity index (χ3v) is 8.42. The topological polar surface area (TPSA) is 75.6 Å². The molecule has 2 aromatic rings. The molecule has 6 heteroatoms. The lowest BCUT2D eigenvalue weighted by Gasteiger charge is -2.31. The number of carbonyl (C=O) groups excluding carboxylic acids is 1. The Morgan fingerprint density at radius 2 is 1.76 bits per heavy atom. The fraction of sp³-hybridized carbons (Fsp3) is 0.571. The first-order valence-electron chi connectivity index (χ1n) is 12.9. The summed E-state index contributed by atoms with van der Waals surface area (Å²) < 4.78 is 6.69. The van der Waals surface area contributed by atoms with Crippen molar-refractivity contribution in [2.75, 3.05) is 6.54 Å². The molecule has 1 aliphatic rings. The predicted molar refractivity (Wildman–Crippen MR) is 138 cm³/mol. The molecular formula is C28H39NO4S. The Morgan fingerprint density at radius 1 is 1.09 bits per heavy atom. The summed E-state index contributed by atoms with van der Waals surface area (Å²) in [5, 5.41) is 11.4. The van der Waals surface area contributed by atoms with Gasteiger partial charge < -0.3 is 15.2 Å². The zero-order valence-corrected chi connectivity index (χ0v) is 21.6. The van der Waals surface area contributed by atoms with Crippen molar-refractivity contribution < 1.29 is 19.4 Å². The average Bonchev–Trinajstić information content (AvgIpc) is 3.27. The number of amides is 1. The Morgan fingerprint density at radius 3 is 2.35 bits per heavy atom. The van der Waals surface area contributed by atoms with Crippen molar-refractivity contribution in [1.29, 1.82) is 0 Å². The molecule has 0 bridgehead atoms. The Labute approximate surface area is 207 Å². The number of ether oxygens (including phenoxy) is 1. The van der Waals surface area contributed by atoms with Gasteiger partial charge in [0.1, 0.15) is 11.9 Å². The SMILES string of the molecule is CCc1sc(C(CC)CC)cc1C(Oc1ccc(C(=O)NCCC(=O)O)cc1)C1CCCCC1. The van der Waals surface area contributed by atoms with E-state index in [9.17, 15) is 9.59 Å². The summed E-state index contributed by atoms with van der Waals surface area (Å²) >= 11 is 1.96. The average molecular weight is 486 g/mol. The minimum atomic E-state index is -0.926. The van der Waals surface area contributed by atoms with E-state index in [1.165, 1.54) is 47.4 Å². The maximum atomic E-state index is 12.3. The molecule has 1 fully saturated rings. The monoisotopic (exact) mass is 485 g/mol. The number of carbonyl (C=O) groups is 2. The maximum Gasteiger partial charge on any atom is 0.305 e. The van der Waals surface area contributed by atoms with Crippen LogP contribution in [-0.2, 0) is 11.2 Å². The second kappa shape index (κ2) is 12.9. The molecule has 0 aliphatic heterocycles. The second-order valence-corrected chi connectivity index (χ2v) is 10.4. The van der Waals surface area contributed by atoms with Crippen LogP contribution < -0.4 is 10.1 Å². The molecule has 1 heterocycles. The van der Waals surface area contributed by atoms with Crippen LogP contribution in [0, 0.1) is 5.92 Å². The minimum Gasteiger partial charge on any atom is -0.485 e. The summed E-state index contributed by atoms with van der Waals surface area (Å²) in [6.07, 6.45) is 9.47. The lowest BCUT2D eigenvalue weighted by molar-refractivity contribution is -0.136. The third kappa shape index (κ3) is 6.84. The normalized spacial score (nSPS) is 15.3. The van der Waals surface area contributed by atoms with Gasteiger partial charge >= 0.3 is 5.97 Å². The van der Waals surface area contributed by atoms with Gasteiger partial charge in [-0.3, -0.25) is 9.59 Å². The molecule has 1 aromatic carbocycles. The van der Waals surface area contributed by atoms with Gasteiger partial charge in [-0.25, -0.2) is 0 Å². The smallest absolute Gasteiger partial charge is 0.305 e. The van der Waals surface area contributed by atoms with E-state index in [1.54, 1.807) is 12.1 Å². The van der Waals surface area contributed by atoms with Crippen LogP contribution in [0.3, 0.4) is 0 Å². The van der Waals surface area contributed by atoms with Gasteiger partial charge in [-0.05, 0) is 68.4 Å². The Hall–Kier alpha value is -2.34. The molecule has 0 saturated heterocycles. The summed E-state index contributed by atoms with van der Waals surface area (Å²) in [4.78, 5) is 25.9. The predicted octanol–water partition coefficient (Wildman–Crippen LogP) is 7.12. The molecular weight excluding hydrogens is 446 g/mol. The number of carboxylic acid groups (broad SMARTS) is 1. The quantitative estimate of drug-likeness (QED) is 0.336. The van der Waals surface area contributed by atoms with Crippen LogP contribution in [0.1, 0.15) is 110 Å². The molecule has 1 aromatic heterocycles. The molecule has 1 unspecified atom stereocenters. The summed E-state index contributed by atoms with van der Waals surface area (Å²) in [6.45, 7) is 6.90. The Bertz CT molecular complexity index is 926. The van der Waals surface area contributed by atoms with E-state index in [4.69, 9.17) is 9.84 Å². The summed E-state index contributed by atoms with van der Waals surface area (Å²) in [7, 11) is 0. The van der Waals surface area contributed by atoms with E-state index < -0.39 is 5.97 Å². The van der Waals surface area contributed by atoms with E-state index in [0.717, 1.165) is 25.0 Å². The van der Waals surface area contributed by atoms with Crippen LogP contribution in [-0.4, -0.2) is 23.5 Å². The molecule has 5 nitrogen and oxygen atoms in total. The number of aliphatic carboxylic acids is 1. The maximum absolute atomic E-state index is 12.3. The molecule has 1 aliphatic carbocycles. The number of thiophene rings is 1. The Kier molecular flexibility index (Phi) is 10.00. The minimum absolute atomic E-state index is 0.0323. The first kappa shape index (κ1) is 26.3. The zero-order chi connectivity index (χ0) is 24.5. The highest BCUT2D eigenvalue weighted by atomic mass is 32.1. The Balaban J connectivity index is 1.81. The number of hydrogen-bond donors (Lipinski definition) is 2. The van der Waals surface area contributed by atoms with E-state index >= 15 is 0 Å². The van der Waals surface area contributed by atoms with Gasteiger partial charge in [-0.2, -0.15) is 0 Å². The first-order chi connectivity index (χ1) is 16.5. The van der Waals surface area contributed by atoms with Crippen molar-refractivity contribution in [2.45, 2.75) is 90.6 Å². The van der Waals surface area contributed by atoms with Gasteiger partial charge in [0, 0.05) is 33.3 Å². The van der Waals surface area contributed by atoms with Crippen LogP contribution >= 0.6 is 11.3 Å². The highest BCUT2D eigenvalue weighted by molar-refractivity contribution is 7.12. The summed E-state index contributed by atoms with van der Waals surface area (Å²) in [5.41, 5.74) is 1.87. The van der Waals surface area contributed by atoms with Crippen LogP contribution in [0.5, 0.6) is 5.75 Å². The van der Waals surface area contributed by atoms with Crippen molar-refractivity contribution in [1.82, 2.24) is 5.32 Å². The number of nitrogens with one attached hydrogen (secondary N) is 1. The van der Waals surface area contributed by atoms with Gasteiger partial charge in [0.2, 0.25) is 0 Å². The van der Waals surface area contributed by atoms with Gasteiger partial charge in [0.15, 0.2) is 0 Å². The number of hydrogen-bond acceptors (Lipinski definition) is 4. The van der Waals surface area contributed by atoms with Crippen molar-refractivity contribution >= 4 is 23.2 Å². The largest absolute Gasteiger partial charge is 0.485 e. The number of benzene rings is 1. The zero-order valence-electron chi connectivity index (χ0n) is 20.8. The van der Waals surface area contributed by atoms with Crippen LogP contribution in [0.4, 0.5) is 0 Å². The molecule has 1 amide bonds. The van der Waals surface area contributed by atoms with Gasteiger partial charge in [-0.1, -0.05) is 40.0 Å². The third-order valence-electron chi connectivity index (χ3n) is 6.96. The standard InChI is InChI=1S/C28H39NO4S/c1-4-19(5-2)25-18-23(24(6-3)34-25)27(20-10-8-7-9-11-20)33-22-14-12-21(13-15-22)28(32)29-17-16-26(30)31/h12-15,18-20,27H,4-11,16-17H2,1-3H3,(H,29,32)(H,30,31). The lowest BCUT2D eigenvalue weighted by atomic mass is 9.82. The van der Waals surface area contributed by atoms with Gasteiger partial charge in [0.05, 0.1) is 6.42 Å². The number of aryl methyl sites for hydroxylation is 1. The van der Waals surface area contributed by atoms with Crippen molar-refractivity contribution in [3.05, 3.63) is 51.2 Å². The van der Waals surface area contributed by atoms with Crippen molar-refractivity contribution in [2.24, 2.45) is 5.92 Å². The summed E-state index contributed by atoms with van der Waals surface area (Å²) in [5.74, 6) is 0.690. The van der Waals surface area contributed by atoms with Crippen LogP contribution in [0.15, 0.2) is 30.3 Å². The summed E-state index contributed by atoms with van der Waals surface area (Å²) in [6, 6.07) is 9.66. The number of rotatable bonds is 12. The molecule has 0 spiro atoms. The van der Waals surface area contributed by atoms with Gasteiger partial charge in [-0.15, -0.1) is 11.3 Å². The van der Waals surface area contributed by atoms with Crippen LogP contribution in [0.2, 0.25) is 0 Å². The fourth-order valence-electron chi connectivity index (χ4n) is 4.94. The van der Waals surface area contributed by atoms with Crippen molar-refractivity contribution in [3.63, 3.8) is 0 Å². The molecule has 2 N–H and O–H groups in total. The van der Waals surface area contributed by atoms with Gasteiger partial charge in [0.25, 0.3) is 5.91 Å². The highest BCUT2D eigenvalue weighted by Crippen LogP contribution is 2.43. The molecule has 186 valence electrons. The van der Waals surface area contributed by atoms with Crippen molar-refractivity contribution in [3.8, 4) is 5.75 Å². The molecule has 0 radical (unpaired) electrons. The molecule has 1 saturated carbocycles.